The Morgan fingerprint density at radius 1 is 1.08 bits per heavy atom. The molecule has 2 aromatic rings. The summed E-state index contributed by atoms with van der Waals surface area (Å²) in [4.78, 5) is 25.1. The molecule has 0 aliphatic heterocycles. The lowest BCUT2D eigenvalue weighted by atomic mass is 10.0. The maximum absolute atomic E-state index is 12.6. The third-order valence-electron chi connectivity index (χ3n) is 4.37. The first-order valence-corrected chi connectivity index (χ1v) is 8.77. The van der Waals surface area contributed by atoms with E-state index in [2.05, 4.69) is 5.32 Å². The molecule has 0 heterocycles. The van der Waals surface area contributed by atoms with Crippen molar-refractivity contribution in [1.29, 1.82) is 0 Å². The first-order valence-electron chi connectivity index (χ1n) is 8.77. The van der Waals surface area contributed by atoms with Crippen molar-refractivity contribution < 1.29 is 14.7 Å². The van der Waals surface area contributed by atoms with Crippen LogP contribution >= 0.6 is 0 Å². The average molecular weight is 354 g/mol. The van der Waals surface area contributed by atoms with Gasteiger partial charge in [0.05, 0.1) is 0 Å². The van der Waals surface area contributed by atoms with Gasteiger partial charge in [0.1, 0.15) is 0 Å². The highest BCUT2D eigenvalue weighted by atomic mass is 16.4. The molecular weight excluding hydrogens is 328 g/mol. The summed E-state index contributed by atoms with van der Waals surface area (Å²) in [5, 5.41) is 12.0. The lowest BCUT2D eigenvalue weighted by molar-refractivity contribution is -0.137. The van der Waals surface area contributed by atoms with Crippen LogP contribution in [0.25, 0.3) is 0 Å². The van der Waals surface area contributed by atoms with E-state index in [9.17, 15) is 9.59 Å². The van der Waals surface area contributed by atoms with Gasteiger partial charge in [0.25, 0.3) is 0 Å². The largest absolute Gasteiger partial charge is 0.481 e. The molecule has 0 aliphatic rings. The van der Waals surface area contributed by atoms with E-state index < -0.39 is 5.97 Å². The Labute approximate surface area is 154 Å². The number of nitrogens with zero attached hydrogens (tertiary/aromatic N) is 1. The molecule has 138 valence electrons. The Morgan fingerprint density at radius 2 is 1.73 bits per heavy atom. The second kappa shape index (κ2) is 9.61. The summed E-state index contributed by atoms with van der Waals surface area (Å²) in [6.45, 7) is 2.53. The van der Waals surface area contributed by atoms with E-state index >= 15 is 0 Å². The summed E-state index contributed by atoms with van der Waals surface area (Å²) in [5.74, 6) is -0.856. The minimum absolute atomic E-state index is 0.0271. The van der Waals surface area contributed by atoms with Crippen LogP contribution in [-0.2, 0) is 17.8 Å². The van der Waals surface area contributed by atoms with E-state index in [1.807, 2.05) is 61.5 Å². The molecule has 2 aromatic carbocycles. The number of rotatable bonds is 8. The summed E-state index contributed by atoms with van der Waals surface area (Å²) >= 11 is 0. The van der Waals surface area contributed by atoms with Crippen molar-refractivity contribution in [3.05, 3.63) is 71.3 Å². The number of carbonyl (C=O) groups is 2. The zero-order valence-electron chi connectivity index (χ0n) is 15.3. The first kappa shape index (κ1) is 19.5. The van der Waals surface area contributed by atoms with Crippen molar-refractivity contribution >= 4 is 12.0 Å². The summed E-state index contributed by atoms with van der Waals surface area (Å²) in [6, 6.07) is 17.3. The fraction of sp³-hybridized carbons (Fsp3) is 0.333. The van der Waals surface area contributed by atoms with E-state index in [1.165, 1.54) is 0 Å². The quantitative estimate of drug-likeness (QED) is 0.761. The van der Waals surface area contributed by atoms with Crippen LogP contribution in [0.3, 0.4) is 0 Å². The third-order valence-corrected chi connectivity index (χ3v) is 4.37. The predicted molar refractivity (Wildman–Crippen MR) is 102 cm³/mol. The van der Waals surface area contributed by atoms with E-state index in [4.69, 9.17) is 5.11 Å². The van der Waals surface area contributed by atoms with Gasteiger partial charge in [-0.05, 0) is 36.5 Å². The highest BCUT2D eigenvalue weighted by Gasteiger charge is 2.17. The zero-order chi connectivity index (χ0) is 18.9. The van der Waals surface area contributed by atoms with Gasteiger partial charge in [-0.2, -0.15) is 0 Å². The van der Waals surface area contributed by atoms with Crippen molar-refractivity contribution in [1.82, 2.24) is 10.2 Å². The van der Waals surface area contributed by atoms with Crippen molar-refractivity contribution in [3.63, 3.8) is 0 Å². The minimum atomic E-state index is -0.856. The fourth-order valence-corrected chi connectivity index (χ4v) is 2.82. The van der Waals surface area contributed by atoms with E-state index in [1.54, 1.807) is 11.9 Å². The number of carboxylic acid groups (broad SMARTS) is 1. The molecule has 0 fully saturated rings. The molecule has 0 spiro atoms. The number of aliphatic carboxylic acids is 1. The second-order valence-electron chi connectivity index (χ2n) is 6.55. The molecule has 2 amide bonds. The van der Waals surface area contributed by atoms with Crippen LogP contribution in [-0.4, -0.2) is 35.1 Å². The van der Waals surface area contributed by atoms with Crippen LogP contribution in [0.4, 0.5) is 4.79 Å². The summed E-state index contributed by atoms with van der Waals surface area (Å²) in [6.07, 6.45) is 1.03. The number of carboxylic acids is 1. The number of carbonyl (C=O) groups excluding carboxylic acids is 1. The number of aryl methyl sites for hydroxylation is 1. The summed E-state index contributed by atoms with van der Waals surface area (Å²) in [7, 11) is 1.75. The summed E-state index contributed by atoms with van der Waals surface area (Å²) < 4.78 is 0. The van der Waals surface area contributed by atoms with Crippen molar-refractivity contribution in [2.75, 3.05) is 7.05 Å². The van der Waals surface area contributed by atoms with Crippen LogP contribution in [0.2, 0.25) is 0 Å². The highest BCUT2D eigenvalue weighted by molar-refractivity contribution is 5.74. The molecule has 26 heavy (non-hydrogen) atoms. The maximum atomic E-state index is 12.6. The van der Waals surface area contributed by atoms with Gasteiger partial charge in [-0.1, -0.05) is 54.6 Å². The van der Waals surface area contributed by atoms with E-state index in [0.29, 0.717) is 19.4 Å². The normalized spacial score (nSPS) is 11.6. The molecule has 0 bridgehead atoms. The molecule has 5 heteroatoms. The average Bonchev–Trinajstić information content (AvgIpc) is 2.62. The third kappa shape index (κ3) is 6.24. The van der Waals surface area contributed by atoms with Gasteiger partial charge in [0.15, 0.2) is 0 Å². The monoisotopic (exact) mass is 354 g/mol. The van der Waals surface area contributed by atoms with Crippen LogP contribution in [0.15, 0.2) is 54.6 Å². The lowest BCUT2D eigenvalue weighted by Gasteiger charge is -2.24. The first-order chi connectivity index (χ1) is 12.5. The van der Waals surface area contributed by atoms with Crippen LogP contribution < -0.4 is 5.32 Å². The molecule has 0 aromatic heterocycles. The molecule has 1 unspecified atom stereocenters. The topological polar surface area (TPSA) is 69.6 Å². The number of urea groups is 1. The Bertz CT molecular complexity index is 731. The Hall–Kier alpha value is -2.82. The van der Waals surface area contributed by atoms with Gasteiger partial charge in [0, 0.05) is 26.1 Å². The maximum Gasteiger partial charge on any atom is 0.317 e. The number of nitrogens with one attached hydrogen (secondary N) is 1. The Balaban J connectivity index is 1.99. The smallest absolute Gasteiger partial charge is 0.317 e. The highest BCUT2D eigenvalue weighted by Crippen LogP contribution is 2.11. The Kier molecular flexibility index (Phi) is 7.21. The number of hydrogen-bond donors (Lipinski definition) is 2. The molecule has 5 nitrogen and oxygen atoms in total. The molecule has 0 aliphatic carbocycles. The van der Waals surface area contributed by atoms with Gasteiger partial charge >= 0.3 is 12.0 Å². The number of hydrogen-bond acceptors (Lipinski definition) is 2. The minimum Gasteiger partial charge on any atom is -0.481 e. The number of benzene rings is 2. The molecule has 0 saturated heterocycles. The van der Waals surface area contributed by atoms with Crippen molar-refractivity contribution in [2.45, 2.75) is 38.8 Å². The molecular formula is C21H26N2O3. The van der Waals surface area contributed by atoms with E-state index in [0.717, 1.165) is 16.7 Å². The van der Waals surface area contributed by atoms with Gasteiger partial charge in [-0.3, -0.25) is 4.79 Å². The summed E-state index contributed by atoms with van der Waals surface area (Å²) in [5.41, 5.74) is 3.30. The fourth-order valence-electron chi connectivity index (χ4n) is 2.82. The van der Waals surface area contributed by atoms with Crippen LogP contribution in [0.5, 0.6) is 0 Å². The molecule has 0 radical (unpaired) electrons. The van der Waals surface area contributed by atoms with Gasteiger partial charge in [-0.25, -0.2) is 4.79 Å². The Morgan fingerprint density at radius 3 is 2.38 bits per heavy atom. The van der Waals surface area contributed by atoms with Gasteiger partial charge in [-0.15, -0.1) is 0 Å². The van der Waals surface area contributed by atoms with Crippen molar-refractivity contribution in [3.8, 4) is 0 Å². The van der Waals surface area contributed by atoms with Gasteiger partial charge in [0.2, 0.25) is 0 Å². The number of amides is 2. The van der Waals surface area contributed by atoms with Crippen LogP contribution in [0, 0.1) is 6.92 Å². The molecule has 1 atom stereocenters. The standard InChI is InChI=1S/C21H26N2O3/c1-16-8-6-7-11-18(16)15-23(2)21(26)22-19(12-13-20(24)25)14-17-9-4-3-5-10-17/h3-11,19H,12-15H2,1-2H3,(H,22,26)(H,24,25). The SMILES string of the molecule is Cc1ccccc1CN(C)C(=O)NC(CCC(=O)O)Cc1ccccc1. The second-order valence-corrected chi connectivity index (χ2v) is 6.55. The predicted octanol–water partition coefficient (Wildman–Crippen LogP) is 3.61. The molecule has 0 saturated carbocycles. The zero-order valence-corrected chi connectivity index (χ0v) is 15.3. The lowest BCUT2D eigenvalue weighted by Crippen LogP contribution is -2.44. The van der Waals surface area contributed by atoms with E-state index in [-0.39, 0.29) is 18.5 Å². The van der Waals surface area contributed by atoms with Crippen LogP contribution in [0.1, 0.15) is 29.5 Å². The molecule has 2 rings (SSSR count). The molecule has 2 N–H and O–H groups in total. The van der Waals surface area contributed by atoms with Gasteiger partial charge < -0.3 is 15.3 Å². The van der Waals surface area contributed by atoms with Crippen molar-refractivity contribution in [2.24, 2.45) is 0 Å².